The molecule has 0 heterocycles. The average molecular weight is 206 g/mol. The summed E-state index contributed by atoms with van der Waals surface area (Å²) in [5.74, 6) is 0.484. The second-order valence-corrected chi connectivity index (χ2v) is 3.85. The number of amides is 1. The predicted octanol–water partition coefficient (Wildman–Crippen LogP) is 2.04. The van der Waals surface area contributed by atoms with E-state index in [9.17, 15) is 4.79 Å². The van der Waals surface area contributed by atoms with Crippen molar-refractivity contribution in [3.63, 3.8) is 0 Å². The number of rotatable bonds is 4. The average Bonchev–Trinajstić information content (AvgIpc) is 2.26. The van der Waals surface area contributed by atoms with E-state index in [-0.39, 0.29) is 5.91 Å². The van der Waals surface area contributed by atoms with Crippen molar-refractivity contribution in [2.24, 2.45) is 5.92 Å². The van der Waals surface area contributed by atoms with Crippen molar-refractivity contribution in [1.29, 1.82) is 0 Å². The van der Waals surface area contributed by atoms with Gasteiger partial charge in [-0.3, -0.25) is 4.79 Å². The van der Waals surface area contributed by atoms with E-state index < -0.39 is 0 Å². The van der Waals surface area contributed by atoms with Gasteiger partial charge in [0.05, 0.1) is 0 Å². The molecule has 3 heteroatoms. The van der Waals surface area contributed by atoms with Crippen molar-refractivity contribution in [2.75, 3.05) is 12.3 Å². The highest BCUT2D eigenvalue weighted by Gasteiger charge is 2.05. The standard InChI is InChI=1S/C12H18N2O/c1-3-9(2)8-14-12(15)10-4-6-11(13)7-5-10/h4-7,9H,3,8,13H2,1-2H3,(H,14,15). The molecule has 0 aromatic heterocycles. The Balaban J connectivity index is 2.50. The fourth-order valence-corrected chi connectivity index (χ4v) is 1.15. The Bertz CT molecular complexity index is 319. The fraction of sp³-hybridized carbons (Fsp3) is 0.417. The molecule has 0 aliphatic heterocycles. The van der Waals surface area contributed by atoms with Crippen LogP contribution in [-0.4, -0.2) is 12.5 Å². The van der Waals surface area contributed by atoms with E-state index in [0.29, 0.717) is 17.2 Å². The quantitative estimate of drug-likeness (QED) is 0.741. The Hall–Kier alpha value is -1.51. The maximum Gasteiger partial charge on any atom is 0.251 e. The lowest BCUT2D eigenvalue weighted by Crippen LogP contribution is -2.27. The summed E-state index contributed by atoms with van der Waals surface area (Å²) < 4.78 is 0. The molecule has 1 atom stereocenters. The molecule has 0 aliphatic rings. The lowest BCUT2D eigenvalue weighted by molar-refractivity contribution is 0.0948. The number of benzene rings is 1. The van der Waals surface area contributed by atoms with Crippen molar-refractivity contribution in [3.05, 3.63) is 29.8 Å². The van der Waals surface area contributed by atoms with Crippen molar-refractivity contribution < 1.29 is 4.79 Å². The van der Waals surface area contributed by atoms with Crippen LogP contribution in [0.3, 0.4) is 0 Å². The van der Waals surface area contributed by atoms with Crippen LogP contribution in [0.5, 0.6) is 0 Å². The summed E-state index contributed by atoms with van der Waals surface area (Å²) in [6.07, 6.45) is 1.07. The molecule has 0 spiro atoms. The van der Waals surface area contributed by atoms with Gasteiger partial charge in [-0.05, 0) is 30.2 Å². The van der Waals surface area contributed by atoms with Gasteiger partial charge in [-0.15, -0.1) is 0 Å². The van der Waals surface area contributed by atoms with Crippen molar-refractivity contribution in [2.45, 2.75) is 20.3 Å². The fourth-order valence-electron chi connectivity index (χ4n) is 1.15. The van der Waals surface area contributed by atoms with Gasteiger partial charge in [0, 0.05) is 17.8 Å². The second-order valence-electron chi connectivity index (χ2n) is 3.85. The molecule has 1 aromatic rings. The first-order chi connectivity index (χ1) is 7.13. The number of hydrogen-bond donors (Lipinski definition) is 2. The summed E-state index contributed by atoms with van der Waals surface area (Å²) in [5, 5.41) is 2.89. The van der Waals surface area contributed by atoms with Crippen LogP contribution in [0.15, 0.2) is 24.3 Å². The minimum atomic E-state index is -0.0321. The molecule has 1 aromatic carbocycles. The van der Waals surface area contributed by atoms with Crippen molar-refractivity contribution >= 4 is 11.6 Å². The highest BCUT2D eigenvalue weighted by molar-refractivity contribution is 5.94. The van der Waals surface area contributed by atoms with Gasteiger partial charge in [-0.1, -0.05) is 20.3 Å². The van der Waals surface area contributed by atoms with E-state index in [2.05, 4.69) is 19.2 Å². The molecular formula is C12H18N2O. The van der Waals surface area contributed by atoms with Crippen molar-refractivity contribution in [3.8, 4) is 0 Å². The molecule has 1 amide bonds. The van der Waals surface area contributed by atoms with E-state index >= 15 is 0 Å². The summed E-state index contributed by atoms with van der Waals surface area (Å²) >= 11 is 0. The van der Waals surface area contributed by atoms with Crippen LogP contribution in [0.4, 0.5) is 5.69 Å². The van der Waals surface area contributed by atoms with Gasteiger partial charge >= 0.3 is 0 Å². The van der Waals surface area contributed by atoms with Gasteiger partial charge < -0.3 is 11.1 Å². The van der Waals surface area contributed by atoms with Crippen LogP contribution in [0.2, 0.25) is 0 Å². The Kier molecular flexibility index (Phi) is 4.16. The maximum absolute atomic E-state index is 11.6. The van der Waals surface area contributed by atoms with Gasteiger partial charge in [0.25, 0.3) is 5.91 Å². The Morgan fingerprint density at radius 2 is 2.00 bits per heavy atom. The number of anilines is 1. The number of carbonyl (C=O) groups excluding carboxylic acids is 1. The molecule has 15 heavy (non-hydrogen) atoms. The first kappa shape index (κ1) is 11.6. The van der Waals surface area contributed by atoms with E-state index in [0.717, 1.165) is 13.0 Å². The minimum Gasteiger partial charge on any atom is -0.399 e. The molecule has 0 fully saturated rings. The molecule has 82 valence electrons. The number of hydrogen-bond acceptors (Lipinski definition) is 2. The largest absolute Gasteiger partial charge is 0.399 e. The molecule has 0 saturated heterocycles. The normalized spacial score (nSPS) is 12.1. The Morgan fingerprint density at radius 3 is 2.53 bits per heavy atom. The number of nitrogens with one attached hydrogen (secondary N) is 1. The van der Waals surface area contributed by atoms with Crippen LogP contribution in [0.1, 0.15) is 30.6 Å². The van der Waals surface area contributed by atoms with E-state index in [1.165, 1.54) is 0 Å². The van der Waals surface area contributed by atoms with Crippen LogP contribution in [-0.2, 0) is 0 Å². The molecule has 0 bridgehead atoms. The number of nitrogens with two attached hydrogens (primary N) is 1. The minimum absolute atomic E-state index is 0.0321. The SMILES string of the molecule is CCC(C)CNC(=O)c1ccc(N)cc1. The topological polar surface area (TPSA) is 55.1 Å². The van der Waals surface area contributed by atoms with E-state index in [4.69, 9.17) is 5.73 Å². The highest BCUT2D eigenvalue weighted by Crippen LogP contribution is 2.05. The van der Waals surface area contributed by atoms with Gasteiger partial charge in [-0.25, -0.2) is 0 Å². The Morgan fingerprint density at radius 1 is 1.40 bits per heavy atom. The lowest BCUT2D eigenvalue weighted by atomic mass is 10.1. The predicted molar refractivity (Wildman–Crippen MR) is 62.6 cm³/mol. The van der Waals surface area contributed by atoms with Gasteiger partial charge in [0.2, 0.25) is 0 Å². The summed E-state index contributed by atoms with van der Waals surface area (Å²) in [6, 6.07) is 6.94. The van der Waals surface area contributed by atoms with Gasteiger partial charge in [0.1, 0.15) is 0 Å². The maximum atomic E-state index is 11.6. The third-order valence-electron chi connectivity index (χ3n) is 2.48. The van der Waals surface area contributed by atoms with Crippen molar-refractivity contribution in [1.82, 2.24) is 5.32 Å². The smallest absolute Gasteiger partial charge is 0.251 e. The third-order valence-corrected chi connectivity index (χ3v) is 2.48. The summed E-state index contributed by atoms with van der Waals surface area (Å²) in [5.41, 5.74) is 6.87. The van der Waals surface area contributed by atoms with Crippen LogP contribution < -0.4 is 11.1 Å². The zero-order valence-electron chi connectivity index (χ0n) is 9.29. The molecular weight excluding hydrogens is 188 g/mol. The molecule has 0 saturated carbocycles. The Labute approximate surface area is 90.7 Å². The second kappa shape index (κ2) is 5.39. The molecule has 3 N–H and O–H groups in total. The lowest BCUT2D eigenvalue weighted by Gasteiger charge is -2.10. The van der Waals surface area contributed by atoms with Crippen LogP contribution in [0, 0.1) is 5.92 Å². The molecule has 0 aliphatic carbocycles. The van der Waals surface area contributed by atoms with E-state index in [1.54, 1.807) is 24.3 Å². The third kappa shape index (κ3) is 3.62. The molecule has 3 nitrogen and oxygen atoms in total. The molecule has 0 radical (unpaired) electrons. The summed E-state index contributed by atoms with van der Waals surface area (Å²) in [4.78, 5) is 11.6. The van der Waals surface area contributed by atoms with Crippen LogP contribution in [0.25, 0.3) is 0 Å². The van der Waals surface area contributed by atoms with Gasteiger partial charge in [-0.2, -0.15) is 0 Å². The highest BCUT2D eigenvalue weighted by atomic mass is 16.1. The zero-order valence-corrected chi connectivity index (χ0v) is 9.29. The number of nitrogen functional groups attached to an aromatic ring is 1. The number of carbonyl (C=O) groups is 1. The molecule has 1 unspecified atom stereocenters. The van der Waals surface area contributed by atoms with Gasteiger partial charge in [0.15, 0.2) is 0 Å². The van der Waals surface area contributed by atoms with E-state index in [1.807, 2.05) is 0 Å². The zero-order chi connectivity index (χ0) is 11.3. The summed E-state index contributed by atoms with van der Waals surface area (Å²) in [7, 11) is 0. The first-order valence-electron chi connectivity index (χ1n) is 5.27. The molecule has 1 rings (SSSR count). The first-order valence-corrected chi connectivity index (χ1v) is 5.27. The van der Waals surface area contributed by atoms with Crippen LogP contribution >= 0.6 is 0 Å². The summed E-state index contributed by atoms with van der Waals surface area (Å²) in [6.45, 7) is 4.95. The monoisotopic (exact) mass is 206 g/mol.